The summed E-state index contributed by atoms with van der Waals surface area (Å²) in [5.74, 6) is -0.120. The Hall–Kier alpha value is -2.84. The number of amides is 1. The predicted molar refractivity (Wildman–Crippen MR) is 161 cm³/mol. The summed E-state index contributed by atoms with van der Waals surface area (Å²) < 4.78 is 30.5. The molecule has 2 aliphatic heterocycles. The Morgan fingerprint density at radius 2 is 1.65 bits per heavy atom. The normalized spacial score (nSPS) is 18.8. The summed E-state index contributed by atoms with van der Waals surface area (Å²) in [4.78, 5) is 17.0. The highest BCUT2D eigenvalue weighted by molar-refractivity contribution is 7.90. The Labute approximate surface area is 238 Å². The van der Waals surface area contributed by atoms with E-state index in [1.807, 2.05) is 6.07 Å². The molecule has 0 spiro atoms. The second-order valence-electron chi connectivity index (χ2n) is 12.0. The van der Waals surface area contributed by atoms with Crippen molar-refractivity contribution in [1.82, 2.24) is 14.2 Å². The molecule has 0 atom stereocenters. The van der Waals surface area contributed by atoms with Gasteiger partial charge in [0, 0.05) is 49.7 Å². The van der Waals surface area contributed by atoms with Crippen LogP contribution in [0, 0.1) is 6.92 Å². The number of nitrogens with one attached hydrogen (secondary N) is 1. The first-order chi connectivity index (χ1) is 19.3. The molecule has 8 heteroatoms. The van der Waals surface area contributed by atoms with Crippen molar-refractivity contribution < 1.29 is 13.2 Å². The third kappa shape index (κ3) is 5.28. The molecule has 1 aromatic heterocycles. The molecular weight excluding hydrogens is 520 g/mol. The molecule has 2 aromatic carbocycles. The summed E-state index contributed by atoms with van der Waals surface area (Å²) in [6, 6.07) is 12.3. The van der Waals surface area contributed by atoms with Gasteiger partial charge in [0.25, 0.3) is 10.0 Å². The van der Waals surface area contributed by atoms with Gasteiger partial charge in [-0.15, -0.1) is 0 Å². The number of sulfonamides is 1. The Morgan fingerprint density at radius 1 is 0.900 bits per heavy atom. The van der Waals surface area contributed by atoms with E-state index in [-0.39, 0.29) is 4.90 Å². The molecule has 40 heavy (non-hydrogen) atoms. The van der Waals surface area contributed by atoms with Crippen molar-refractivity contribution in [2.45, 2.75) is 82.6 Å². The molecule has 0 bridgehead atoms. The van der Waals surface area contributed by atoms with E-state index in [0.29, 0.717) is 5.92 Å². The number of piperidine rings is 1. The second-order valence-corrected chi connectivity index (χ2v) is 13.7. The maximum absolute atomic E-state index is 13.0. The average Bonchev–Trinajstić information content (AvgIpc) is 3.18. The molecule has 3 aromatic rings. The van der Waals surface area contributed by atoms with Crippen LogP contribution in [0.3, 0.4) is 0 Å². The number of aryl methyl sites for hydroxylation is 1. The van der Waals surface area contributed by atoms with Crippen LogP contribution in [0.25, 0.3) is 22.2 Å². The number of likely N-dealkylation sites (tertiary alicyclic amines) is 1. The van der Waals surface area contributed by atoms with Crippen LogP contribution in [0.4, 0.5) is 5.69 Å². The van der Waals surface area contributed by atoms with Crippen molar-refractivity contribution in [1.29, 1.82) is 0 Å². The van der Waals surface area contributed by atoms with Crippen LogP contribution in [0.15, 0.2) is 41.3 Å². The summed E-state index contributed by atoms with van der Waals surface area (Å²) in [6.07, 6.45) is 10.0. The van der Waals surface area contributed by atoms with E-state index in [1.54, 1.807) is 12.1 Å². The standard InChI is InChI=1S/C32H42N4O3S/c1-23-11-13-28-29(21-23)35(18-17-34-15-7-4-8-16-34)19-20-36-30-22-26(40(38,39)33-24(2)37)12-14-27(30)31(32(28)36)25-9-5-3-6-10-25/h11-14,21-22,25H,3-10,15-20H2,1-2H3,(H,33,37). The maximum atomic E-state index is 13.0. The lowest BCUT2D eigenvalue weighted by Gasteiger charge is -2.31. The molecule has 1 aliphatic carbocycles. The monoisotopic (exact) mass is 562 g/mol. The summed E-state index contributed by atoms with van der Waals surface area (Å²) >= 11 is 0. The molecule has 0 unspecified atom stereocenters. The third-order valence-corrected chi connectivity index (χ3v) is 10.6. The number of hydrogen-bond donors (Lipinski definition) is 1. The van der Waals surface area contributed by atoms with Crippen molar-refractivity contribution in [2.24, 2.45) is 0 Å². The fourth-order valence-electron chi connectivity index (χ4n) is 7.22. The molecule has 6 rings (SSSR count). The minimum atomic E-state index is -3.93. The first-order valence-electron chi connectivity index (χ1n) is 15.1. The zero-order chi connectivity index (χ0) is 27.9. The molecule has 3 aliphatic rings. The Kier molecular flexibility index (Phi) is 7.66. The number of carbonyl (C=O) groups is 1. The van der Waals surface area contributed by atoms with Crippen LogP contribution in [0.5, 0.6) is 0 Å². The second kappa shape index (κ2) is 11.2. The van der Waals surface area contributed by atoms with Gasteiger partial charge in [-0.2, -0.15) is 0 Å². The lowest BCUT2D eigenvalue weighted by atomic mass is 9.81. The molecular formula is C32H42N4O3S. The Morgan fingerprint density at radius 3 is 2.40 bits per heavy atom. The van der Waals surface area contributed by atoms with Crippen molar-refractivity contribution in [2.75, 3.05) is 37.6 Å². The molecule has 2 fully saturated rings. The molecule has 1 amide bonds. The summed E-state index contributed by atoms with van der Waals surface area (Å²) in [5, 5.41) is 1.15. The lowest BCUT2D eigenvalue weighted by molar-refractivity contribution is -0.117. The fraction of sp³-hybridized carbons (Fsp3) is 0.531. The Bertz CT molecular complexity index is 1510. The smallest absolute Gasteiger partial charge is 0.264 e. The van der Waals surface area contributed by atoms with Gasteiger partial charge in [0.1, 0.15) is 0 Å². The third-order valence-electron chi connectivity index (χ3n) is 9.15. The first kappa shape index (κ1) is 27.3. The van der Waals surface area contributed by atoms with Crippen molar-refractivity contribution in [3.63, 3.8) is 0 Å². The topological polar surface area (TPSA) is 74.6 Å². The van der Waals surface area contributed by atoms with E-state index in [9.17, 15) is 13.2 Å². The summed E-state index contributed by atoms with van der Waals surface area (Å²) in [7, 11) is -3.93. The van der Waals surface area contributed by atoms with Gasteiger partial charge in [0.2, 0.25) is 5.91 Å². The van der Waals surface area contributed by atoms with Gasteiger partial charge in [0.15, 0.2) is 0 Å². The van der Waals surface area contributed by atoms with Gasteiger partial charge in [-0.05, 0) is 80.9 Å². The minimum Gasteiger partial charge on any atom is -0.368 e. The quantitative estimate of drug-likeness (QED) is 0.411. The number of benzene rings is 2. The predicted octanol–water partition coefficient (Wildman–Crippen LogP) is 5.80. The van der Waals surface area contributed by atoms with Crippen molar-refractivity contribution >= 4 is 32.5 Å². The van der Waals surface area contributed by atoms with Crippen LogP contribution >= 0.6 is 0 Å². The molecule has 0 radical (unpaired) electrons. The van der Waals surface area contributed by atoms with Crippen LogP contribution in [0.2, 0.25) is 0 Å². The largest absolute Gasteiger partial charge is 0.368 e. The van der Waals surface area contributed by atoms with Gasteiger partial charge in [-0.3, -0.25) is 4.79 Å². The van der Waals surface area contributed by atoms with E-state index in [4.69, 9.17) is 0 Å². The molecule has 1 saturated heterocycles. The van der Waals surface area contributed by atoms with E-state index in [1.165, 1.54) is 86.6 Å². The number of rotatable bonds is 6. The van der Waals surface area contributed by atoms with E-state index < -0.39 is 15.9 Å². The fourth-order valence-corrected chi connectivity index (χ4v) is 8.23. The van der Waals surface area contributed by atoms with Crippen LogP contribution in [0.1, 0.15) is 75.3 Å². The highest BCUT2D eigenvalue weighted by Gasteiger charge is 2.31. The maximum Gasteiger partial charge on any atom is 0.264 e. The Balaban J connectivity index is 1.49. The van der Waals surface area contributed by atoms with Crippen molar-refractivity contribution in [3.8, 4) is 11.3 Å². The SMILES string of the molecule is CC(=O)NS(=O)(=O)c1ccc2c(C3CCCCC3)c3n(c2c1)CCN(CCN1CCCCC1)c1cc(C)ccc1-3. The number of carbonyl (C=O) groups excluding carboxylic acids is 1. The van der Waals surface area contributed by atoms with E-state index in [0.717, 1.165) is 49.9 Å². The van der Waals surface area contributed by atoms with E-state index >= 15 is 0 Å². The van der Waals surface area contributed by atoms with Gasteiger partial charge in [0.05, 0.1) is 16.1 Å². The molecule has 1 saturated carbocycles. The number of fused-ring (bicyclic) bond motifs is 5. The zero-order valence-electron chi connectivity index (χ0n) is 23.9. The van der Waals surface area contributed by atoms with Crippen LogP contribution in [-0.2, 0) is 21.4 Å². The van der Waals surface area contributed by atoms with E-state index in [2.05, 4.69) is 44.2 Å². The number of nitrogens with zero attached hydrogens (tertiary/aromatic N) is 3. The van der Waals surface area contributed by atoms with Crippen LogP contribution < -0.4 is 9.62 Å². The summed E-state index contributed by atoms with van der Waals surface area (Å²) in [6.45, 7) is 9.50. The highest BCUT2D eigenvalue weighted by Crippen LogP contribution is 2.47. The van der Waals surface area contributed by atoms with Gasteiger partial charge in [-0.1, -0.05) is 43.9 Å². The van der Waals surface area contributed by atoms with Gasteiger partial charge in [-0.25, -0.2) is 13.1 Å². The molecule has 1 N–H and O–H groups in total. The summed E-state index contributed by atoms with van der Waals surface area (Å²) in [5.41, 5.74) is 7.39. The van der Waals surface area contributed by atoms with Gasteiger partial charge < -0.3 is 14.4 Å². The lowest BCUT2D eigenvalue weighted by Crippen LogP contribution is -2.38. The first-order valence-corrected chi connectivity index (χ1v) is 16.6. The number of anilines is 1. The molecule has 7 nitrogen and oxygen atoms in total. The minimum absolute atomic E-state index is 0.140. The van der Waals surface area contributed by atoms with Crippen molar-refractivity contribution in [3.05, 3.63) is 47.5 Å². The van der Waals surface area contributed by atoms with Gasteiger partial charge >= 0.3 is 0 Å². The number of hydrogen-bond acceptors (Lipinski definition) is 5. The molecule has 3 heterocycles. The zero-order valence-corrected chi connectivity index (χ0v) is 24.7. The highest BCUT2D eigenvalue weighted by atomic mass is 32.2. The molecule has 214 valence electrons. The number of aromatic nitrogens is 1. The van der Waals surface area contributed by atoms with Crippen LogP contribution in [-0.4, -0.2) is 56.5 Å². The average molecular weight is 563 g/mol.